The van der Waals surface area contributed by atoms with E-state index in [4.69, 9.17) is 10.4 Å². The van der Waals surface area contributed by atoms with Gasteiger partial charge in [0.1, 0.15) is 6.04 Å². The Hall–Kier alpha value is -2.88. The van der Waals surface area contributed by atoms with Gasteiger partial charge in [-0.2, -0.15) is 5.26 Å². The molecular weight excluding hydrogens is 286 g/mol. The van der Waals surface area contributed by atoms with Gasteiger partial charge in [0.2, 0.25) is 5.91 Å². The van der Waals surface area contributed by atoms with Crippen molar-refractivity contribution in [2.45, 2.75) is 25.3 Å². The molecule has 1 aromatic rings. The van der Waals surface area contributed by atoms with Crippen molar-refractivity contribution < 1.29 is 19.5 Å². The Kier molecular flexibility index (Phi) is 6.57. The van der Waals surface area contributed by atoms with Gasteiger partial charge in [-0.3, -0.25) is 19.3 Å². The van der Waals surface area contributed by atoms with E-state index in [0.717, 1.165) is 10.5 Å². The summed E-state index contributed by atoms with van der Waals surface area (Å²) >= 11 is 0. The molecule has 0 aromatic heterocycles. The molecule has 1 aromatic carbocycles. The van der Waals surface area contributed by atoms with Crippen LogP contribution in [0.25, 0.3) is 0 Å². The predicted octanol–water partition coefficient (Wildman–Crippen LogP) is 0.518. The summed E-state index contributed by atoms with van der Waals surface area (Å²) in [7, 11) is 1.31. The van der Waals surface area contributed by atoms with E-state index in [0.29, 0.717) is 0 Å². The van der Waals surface area contributed by atoms with E-state index in [1.165, 1.54) is 7.05 Å². The van der Waals surface area contributed by atoms with Crippen molar-refractivity contribution in [2.24, 2.45) is 0 Å². The minimum Gasteiger partial charge on any atom is -0.481 e. The Morgan fingerprint density at radius 3 is 2.45 bits per heavy atom. The van der Waals surface area contributed by atoms with Gasteiger partial charge in [0, 0.05) is 19.9 Å². The average Bonchev–Trinajstić information content (AvgIpc) is 2.51. The molecule has 7 heteroatoms. The van der Waals surface area contributed by atoms with Crippen molar-refractivity contribution in [3.8, 4) is 6.19 Å². The third kappa shape index (κ3) is 5.63. The lowest BCUT2D eigenvalue weighted by Gasteiger charge is -2.20. The number of carboxylic acid groups (broad SMARTS) is 1. The van der Waals surface area contributed by atoms with Crippen LogP contribution in [0, 0.1) is 11.5 Å². The first-order chi connectivity index (χ1) is 10.4. The van der Waals surface area contributed by atoms with Gasteiger partial charge in [0.25, 0.3) is 5.91 Å². The third-order valence-electron chi connectivity index (χ3n) is 2.96. The molecule has 0 spiro atoms. The van der Waals surface area contributed by atoms with E-state index in [-0.39, 0.29) is 19.3 Å². The van der Waals surface area contributed by atoms with Gasteiger partial charge >= 0.3 is 5.97 Å². The number of hydrogen-bond donors (Lipinski definition) is 2. The number of benzene rings is 1. The molecule has 0 saturated heterocycles. The van der Waals surface area contributed by atoms with E-state index >= 15 is 0 Å². The Labute approximate surface area is 128 Å². The zero-order valence-electron chi connectivity index (χ0n) is 12.2. The number of nitrogens with one attached hydrogen (secondary N) is 1. The summed E-state index contributed by atoms with van der Waals surface area (Å²) < 4.78 is 0. The van der Waals surface area contributed by atoms with Gasteiger partial charge in [-0.05, 0) is 5.56 Å². The highest BCUT2D eigenvalue weighted by molar-refractivity contribution is 5.89. The number of amides is 2. The molecular formula is C15H17N3O4. The third-order valence-corrected chi connectivity index (χ3v) is 2.96. The lowest BCUT2D eigenvalue weighted by atomic mass is 10.0. The van der Waals surface area contributed by atoms with Crippen molar-refractivity contribution in [2.75, 3.05) is 7.05 Å². The van der Waals surface area contributed by atoms with E-state index < -0.39 is 23.8 Å². The molecule has 0 saturated carbocycles. The first-order valence-electron chi connectivity index (χ1n) is 6.66. The second-order valence-electron chi connectivity index (χ2n) is 4.70. The molecule has 1 unspecified atom stereocenters. The monoisotopic (exact) mass is 303 g/mol. The van der Waals surface area contributed by atoms with Gasteiger partial charge < -0.3 is 10.4 Å². The van der Waals surface area contributed by atoms with Gasteiger partial charge in [-0.25, -0.2) is 0 Å². The number of likely N-dealkylation sites (N-methyl/N-ethyl adjacent to an activating group) is 1. The Balaban J connectivity index is 2.78. The van der Waals surface area contributed by atoms with Crippen LogP contribution in [0.4, 0.5) is 0 Å². The first-order valence-corrected chi connectivity index (χ1v) is 6.66. The maximum Gasteiger partial charge on any atom is 0.303 e. The van der Waals surface area contributed by atoms with Crippen LogP contribution in [0.3, 0.4) is 0 Å². The minimum atomic E-state index is -1.09. The Bertz CT molecular complexity index is 580. The number of carboxylic acids is 1. The molecule has 116 valence electrons. The summed E-state index contributed by atoms with van der Waals surface area (Å²) in [6.07, 6.45) is 1.39. The summed E-state index contributed by atoms with van der Waals surface area (Å²) in [5, 5.41) is 19.9. The van der Waals surface area contributed by atoms with Crippen molar-refractivity contribution in [1.82, 2.24) is 10.2 Å². The minimum absolute atomic E-state index is 0.218. The number of rotatable bonds is 7. The molecule has 2 N–H and O–H groups in total. The molecule has 0 aliphatic carbocycles. The number of aliphatic carboxylic acids is 1. The van der Waals surface area contributed by atoms with Gasteiger partial charge in [0.15, 0.2) is 6.19 Å². The molecule has 0 fully saturated rings. The summed E-state index contributed by atoms with van der Waals surface area (Å²) in [5.41, 5.74) is 0.825. The Morgan fingerprint density at radius 1 is 1.27 bits per heavy atom. The largest absolute Gasteiger partial charge is 0.481 e. The molecule has 1 rings (SSSR count). The van der Waals surface area contributed by atoms with Crippen LogP contribution in [0.2, 0.25) is 0 Å². The van der Waals surface area contributed by atoms with E-state index in [1.807, 2.05) is 6.07 Å². The molecule has 1 atom stereocenters. The van der Waals surface area contributed by atoms with E-state index in [1.54, 1.807) is 30.5 Å². The second kappa shape index (κ2) is 8.42. The van der Waals surface area contributed by atoms with Crippen LogP contribution in [-0.4, -0.2) is 40.9 Å². The zero-order chi connectivity index (χ0) is 16.5. The van der Waals surface area contributed by atoms with Crippen LogP contribution < -0.4 is 5.32 Å². The van der Waals surface area contributed by atoms with Crippen molar-refractivity contribution in [3.63, 3.8) is 0 Å². The van der Waals surface area contributed by atoms with E-state index in [2.05, 4.69) is 5.32 Å². The molecule has 0 bridgehead atoms. The highest BCUT2D eigenvalue weighted by atomic mass is 16.4. The highest BCUT2D eigenvalue weighted by Crippen LogP contribution is 2.06. The molecule has 2 amide bonds. The first kappa shape index (κ1) is 17.2. The maximum atomic E-state index is 12.1. The normalized spacial score (nSPS) is 11.1. The number of nitrogens with zero attached hydrogens (tertiary/aromatic N) is 2. The van der Waals surface area contributed by atoms with Crippen molar-refractivity contribution >= 4 is 17.8 Å². The summed E-state index contributed by atoms with van der Waals surface area (Å²) in [6, 6.07) is 8.13. The fourth-order valence-electron chi connectivity index (χ4n) is 1.82. The lowest BCUT2D eigenvalue weighted by molar-refractivity contribution is -0.139. The summed E-state index contributed by atoms with van der Waals surface area (Å²) in [5.74, 6) is -2.17. The van der Waals surface area contributed by atoms with Gasteiger partial charge in [-0.1, -0.05) is 30.3 Å². The average molecular weight is 303 g/mol. The topological polar surface area (TPSA) is 111 Å². The Morgan fingerprint density at radius 2 is 1.91 bits per heavy atom. The van der Waals surface area contributed by atoms with Crippen molar-refractivity contribution in [3.05, 3.63) is 35.9 Å². The summed E-state index contributed by atoms with van der Waals surface area (Å²) in [6.45, 7) is 0. The van der Waals surface area contributed by atoms with E-state index in [9.17, 15) is 14.4 Å². The SMILES string of the molecule is CN(C#N)C(=O)C(Cc1ccccc1)NC(=O)CCC(=O)O. The molecule has 0 aliphatic rings. The number of carbonyl (C=O) groups is 3. The van der Waals surface area contributed by atoms with Crippen LogP contribution in [0.1, 0.15) is 18.4 Å². The fraction of sp³-hybridized carbons (Fsp3) is 0.333. The zero-order valence-corrected chi connectivity index (χ0v) is 12.2. The molecule has 7 nitrogen and oxygen atoms in total. The fourth-order valence-corrected chi connectivity index (χ4v) is 1.82. The van der Waals surface area contributed by atoms with Crippen LogP contribution in [-0.2, 0) is 20.8 Å². The van der Waals surface area contributed by atoms with Crippen molar-refractivity contribution in [1.29, 1.82) is 5.26 Å². The van der Waals surface area contributed by atoms with Gasteiger partial charge in [-0.15, -0.1) is 0 Å². The standard InChI is InChI=1S/C15H17N3O4/c1-18(10-16)15(22)12(9-11-5-3-2-4-6-11)17-13(19)7-8-14(20)21/h2-6,12H,7-9H2,1H3,(H,17,19)(H,20,21). The number of carbonyl (C=O) groups excluding carboxylic acids is 2. The molecule has 22 heavy (non-hydrogen) atoms. The van der Waals surface area contributed by atoms with Gasteiger partial charge in [0.05, 0.1) is 6.42 Å². The molecule has 0 radical (unpaired) electrons. The smallest absolute Gasteiger partial charge is 0.303 e. The highest BCUT2D eigenvalue weighted by Gasteiger charge is 2.24. The maximum absolute atomic E-state index is 12.1. The number of nitriles is 1. The molecule has 0 heterocycles. The molecule has 0 aliphatic heterocycles. The second-order valence-corrected chi connectivity index (χ2v) is 4.70. The number of hydrogen-bond acceptors (Lipinski definition) is 4. The van der Waals surface area contributed by atoms with Crippen LogP contribution >= 0.6 is 0 Å². The lowest BCUT2D eigenvalue weighted by Crippen LogP contribution is -2.47. The van der Waals surface area contributed by atoms with Crippen LogP contribution in [0.15, 0.2) is 30.3 Å². The quantitative estimate of drug-likeness (QED) is 0.563. The predicted molar refractivity (Wildman–Crippen MR) is 77.3 cm³/mol. The summed E-state index contributed by atoms with van der Waals surface area (Å²) in [4.78, 5) is 35.2. The van der Waals surface area contributed by atoms with Crippen LogP contribution in [0.5, 0.6) is 0 Å².